The maximum atomic E-state index is 14.8. The monoisotopic (exact) mass is 695 g/mol. The molecular weight excluding hydrogens is 642 g/mol. The molecule has 3 aromatic rings. The molecule has 2 N–H and O–H groups in total. The van der Waals surface area contributed by atoms with Crippen LogP contribution in [0, 0.1) is 12.3 Å². The average Bonchev–Trinajstić information content (AvgIpc) is 3.06. The summed E-state index contributed by atoms with van der Waals surface area (Å²) < 4.78 is 11.3. The molecule has 0 aromatic heterocycles. The molecule has 0 spiro atoms. The second kappa shape index (κ2) is 18.8. The summed E-state index contributed by atoms with van der Waals surface area (Å²) in [5.41, 5.74) is 1.13. The topological polar surface area (TPSA) is 114 Å². The number of nitrogens with one attached hydrogen (secondary N) is 2. The fourth-order valence-corrected chi connectivity index (χ4v) is 5.50. The van der Waals surface area contributed by atoms with Gasteiger partial charge in [0.15, 0.2) is 0 Å². The normalized spacial score (nSPS) is 13.1. The molecule has 0 aliphatic carbocycles. The van der Waals surface area contributed by atoms with Gasteiger partial charge in [-0.1, -0.05) is 98.5 Å². The van der Waals surface area contributed by atoms with Crippen molar-refractivity contribution >= 4 is 23.9 Å². The predicted molar refractivity (Wildman–Crippen MR) is 200 cm³/mol. The number of ether oxygens (including phenoxy) is 2. The number of nitrogens with zero attached hydrogens (tertiary/aromatic N) is 1. The van der Waals surface area contributed by atoms with E-state index in [2.05, 4.69) is 16.6 Å². The second-order valence-electron chi connectivity index (χ2n) is 14.6. The van der Waals surface area contributed by atoms with Crippen LogP contribution in [0.4, 0.5) is 4.79 Å². The third kappa shape index (κ3) is 13.6. The molecule has 9 heteroatoms. The highest BCUT2D eigenvalue weighted by Crippen LogP contribution is 2.26. The van der Waals surface area contributed by atoms with Crippen LogP contribution in [0.15, 0.2) is 84.9 Å². The smallest absolute Gasteiger partial charge is 0.408 e. The first kappa shape index (κ1) is 40.3. The molecule has 272 valence electrons. The quantitative estimate of drug-likeness (QED) is 0.101. The van der Waals surface area contributed by atoms with Gasteiger partial charge in [-0.25, -0.2) is 9.59 Å². The summed E-state index contributed by atoms with van der Waals surface area (Å²) in [4.78, 5) is 57.8. The molecular formula is C42H53N3O6. The standard InChI is InChI=1S/C42H53N3O6/c1-9-11-18-27-45(38(47)34(28-31-19-14-12-15-20-31)44-40(49)51-42(6,7)8)36(33-25-23-30(10-2)24-26-33)37(46)43-35(39(48)50-41(3,4)5)29-32-21-16-13-17-22-32/h2,12-17,19-26,34-36H,9,11,18,27-29H2,1,3-8H3,(H,43,46)(H,44,49). The van der Waals surface area contributed by atoms with Crippen LogP contribution in [0.5, 0.6) is 0 Å². The molecule has 3 amide bonds. The largest absolute Gasteiger partial charge is 0.458 e. The summed E-state index contributed by atoms with van der Waals surface area (Å²) in [6, 6.07) is 22.2. The molecule has 3 aromatic carbocycles. The van der Waals surface area contributed by atoms with Crippen molar-refractivity contribution in [3.05, 3.63) is 107 Å². The Kier molecular flexibility index (Phi) is 14.8. The van der Waals surface area contributed by atoms with Crippen LogP contribution in [-0.2, 0) is 36.7 Å². The Hall–Kier alpha value is -5.10. The third-order valence-corrected chi connectivity index (χ3v) is 7.80. The Morgan fingerprint density at radius 2 is 1.25 bits per heavy atom. The van der Waals surface area contributed by atoms with E-state index in [0.717, 1.165) is 24.0 Å². The number of unbranched alkanes of at least 4 members (excludes halogenated alkanes) is 2. The number of esters is 1. The maximum absolute atomic E-state index is 14.8. The molecule has 3 atom stereocenters. The zero-order valence-electron chi connectivity index (χ0n) is 31.0. The SMILES string of the molecule is C#Cc1ccc(C(C(=O)NC(Cc2ccccc2)C(=O)OC(C)(C)C)N(CCCCC)C(=O)C(Cc2ccccc2)NC(=O)OC(C)(C)C)cc1. The lowest BCUT2D eigenvalue weighted by molar-refractivity contribution is -0.159. The van der Waals surface area contributed by atoms with Crippen molar-refractivity contribution in [3.63, 3.8) is 0 Å². The van der Waals surface area contributed by atoms with E-state index in [1.165, 1.54) is 4.90 Å². The molecule has 0 fully saturated rings. The first-order chi connectivity index (χ1) is 24.1. The fourth-order valence-electron chi connectivity index (χ4n) is 5.50. The summed E-state index contributed by atoms with van der Waals surface area (Å²) in [5, 5.41) is 5.73. The molecule has 0 aliphatic rings. The van der Waals surface area contributed by atoms with Crippen molar-refractivity contribution in [2.75, 3.05) is 6.54 Å². The minimum atomic E-state index is -1.18. The minimum absolute atomic E-state index is 0.155. The van der Waals surface area contributed by atoms with Gasteiger partial charge < -0.3 is 25.0 Å². The van der Waals surface area contributed by atoms with E-state index in [0.29, 0.717) is 17.5 Å². The third-order valence-electron chi connectivity index (χ3n) is 7.80. The Morgan fingerprint density at radius 1 is 0.725 bits per heavy atom. The summed E-state index contributed by atoms with van der Waals surface area (Å²) >= 11 is 0. The van der Waals surface area contributed by atoms with Gasteiger partial charge in [-0.2, -0.15) is 0 Å². The van der Waals surface area contributed by atoms with Crippen LogP contribution >= 0.6 is 0 Å². The minimum Gasteiger partial charge on any atom is -0.458 e. The number of terminal acetylenes is 1. The lowest BCUT2D eigenvalue weighted by atomic mass is 9.98. The van der Waals surface area contributed by atoms with Crippen molar-refractivity contribution in [2.45, 2.75) is 110 Å². The summed E-state index contributed by atoms with van der Waals surface area (Å²) in [6.07, 6.45) is 7.49. The lowest BCUT2D eigenvalue weighted by Gasteiger charge is -2.35. The summed E-state index contributed by atoms with van der Waals surface area (Å²) in [5.74, 6) is 0.949. The summed E-state index contributed by atoms with van der Waals surface area (Å²) in [6.45, 7) is 12.8. The first-order valence-electron chi connectivity index (χ1n) is 17.6. The van der Waals surface area contributed by atoms with Crippen LogP contribution in [-0.4, -0.2) is 58.6 Å². The summed E-state index contributed by atoms with van der Waals surface area (Å²) in [7, 11) is 0. The molecule has 0 bridgehead atoms. The van der Waals surface area contributed by atoms with E-state index in [1.54, 1.807) is 65.8 Å². The van der Waals surface area contributed by atoms with Crippen LogP contribution in [0.1, 0.15) is 96.0 Å². The highest BCUT2D eigenvalue weighted by atomic mass is 16.6. The molecule has 3 rings (SSSR count). The number of amides is 3. The zero-order valence-corrected chi connectivity index (χ0v) is 31.0. The van der Waals surface area contributed by atoms with Crippen LogP contribution < -0.4 is 10.6 Å². The van der Waals surface area contributed by atoms with Crippen molar-refractivity contribution in [1.29, 1.82) is 0 Å². The predicted octanol–water partition coefficient (Wildman–Crippen LogP) is 6.93. The van der Waals surface area contributed by atoms with Crippen molar-refractivity contribution < 1.29 is 28.7 Å². The Morgan fingerprint density at radius 3 is 1.75 bits per heavy atom. The van der Waals surface area contributed by atoms with Crippen LogP contribution in [0.2, 0.25) is 0 Å². The molecule has 3 unspecified atom stereocenters. The van der Waals surface area contributed by atoms with Crippen molar-refractivity contribution in [1.82, 2.24) is 15.5 Å². The van der Waals surface area contributed by atoms with Gasteiger partial charge in [0.25, 0.3) is 0 Å². The molecule has 0 aliphatic heterocycles. The van der Waals surface area contributed by atoms with Crippen LogP contribution in [0.3, 0.4) is 0 Å². The fraction of sp³-hybridized carbons (Fsp3) is 0.429. The second-order valence-corrected chi connectivity index (χ2v) is 14.6. The maximum Gasteiger partial charge on any atom is 0.408 e. The van der Waals surface area contributed by atoms with Gasteiger partial charge in [-0.05, 0) is 76.8 Å². The Bertz CT molecular complexity index is 1620. The highest BCUT2D eigenvalue weighted by molar-refractivity contribution is 5.94. The average molecular weight is 696 g/mol. The van der Waals surface area contributed by atoms with E-state index in [9.17, 15) is 19.2 Å². The number of hydrogen-bond donors (Lipinski definition) is 2. The Labute approximate surface area is 303 Å². The van der Waals surface area contributed by atoms with Gasteiger partial charge >= 0.3 is 12.1 Å². The van der Waals surface area contributed by atoms with E-state index in [4.69, 9.17) is 15.9 Å². The van der Waals surface area contributed by atoms with E-state index in [-0.39, 0.29) is 19.4 Å². The van der Waals surface area contributed by atoms with Gasteiger partial charge in [-0.3, -0.25) is 9.59 Å². The first-order valence-corrected chi connectivity index (χ1v) is 17.6. The van der Waals surface area contributed by atoms with E-state index in [1.807, 2.05) is 67.6 Å². The van der Waals surface area contributed by atoms with E-state index >= 15 is 0 Å². The van der Waals surface area contributed by atoms with Crippen molar-refractivity contribution in [2.24, 2.45) is 0 Å². The number of carbonyl (C=O) groups excluding carboxylic acids is 4. The zero-order chi connectivity index (χ0) is 37.6. The van der Waals surface area contributed by atoms with E-state index < -0.39 is 53.2 Å². The van der Waals surface area contributed by atoms with Crippen molar-refractivity contribution in [3.8, 4) is 12.3 Å². The number of carbonyl (C=O) groups is 4. The van der Waals surface area contributed by atoms with Gasteiger partial charge in [0, 0.05) is 24.9 Å². The number of hydrogen-bond acceptors (Lipinski definition) is 6. The van der Waals surface area contributed by atoms with Gasteiger partial charge in [0.05, 0.1) is 0 Å². The highest BCUT2D eigenvalue weighted by Gasteiger charge is 2.38. The van der Waals surface area contributed by atoms with Gasteiger partial charge in [0.2, 0.25) is 11.8 Å². The molecule has 9 nitrogen and oxygen atoms in total. The number of benzene rings is 3. The molecule has 0 saturated heterocycles. The van der Waals surface area contributed by atoms with Gasteiger partial charge in [-0.15, -0.1) is 6.42 Å². The number of alkyl carbamates (subject to hydrolysis) is 1. The lowest BCUT2D eigenvalue weighted by Crippen LogP contribution is -2.55. The molecule has 0 radical (unpaired) electrons. The number of rotatable bonds is 15. The molecule has 51 heavy (non-hydrogen) atoms. The Balaban J connectivity index is 2.13. The van der Waals surface area contributed by atoms with Crippen LogP contribution in [0.25, 0.3) is 0 Å². The molecule has 0 saturated carbocycles. The van der Waals surface area contributed by atoms with Gasteiger partial charge in [0.1, 0.15) is 29.3 Å². The molecule has 0 heterocycles.